The Bertz CT molecular complexity index is 659. The summed E-state index contributed by atoms with van der Waals surface area (Å²) >= 11 is 0. The van der Waals surface area contributed by atoms with E-state index in [1.807, 2.05) is 29.2 Å². The van der Waals surface area contributed by atoms with Crippen molar-refractivity contribution < 1.29 is 20.1 Å². The van der Waals surface area contributed by atoms with Crippen molar-refractivity contribution in [3.05, 3.63) is 48.3 Å². The second-order valence-corrected chi connectivity index (χ2v) is 5.52. The van der Waals surface area contributed by atoms with Crippen molar-refractivity contribution in [2.24, 2.45) is 4.99 Å². The zero-order valence-electron chi connectivity index (χ0n) is 13.9. The molecule has 134 valence electrons. The van der Waals surface area contributed by atoms with Crippen LogP contribution in [0.4, 0.5) is 11.4 Å². The Hall–Kier alpha value is -2.48. The number of anilines is 1. The van der Waals surface area contributed by atoms with Crippen molar-refractivity contribution in [3.63, 3.8) is 0 Å². The number of allylic oxidation sites excluding steroid dienone is 3. The van der Waals surface area contributed by atoms with Gasteiger partial charge in [-0.05, 0) is 36.4 Å². The summed E-state index contributed by atoms with van der Waals surface area (Å²) in [5.74, 6) is -0.394. The summed E-state index contributed by atoms with van der Waals surface area (Å²) in [7, 11) is 0. The molecule has 7 heteroatoms. The van der Waals surface area contributed by atoms with Crippen molar-refractivity contribution in [2.75, 3.05) is 44.7 Å². The van der Waals surface area contributed by atoms with Crippen molar-refractivity contribution in [2.45, 2.75) is 0 Å². The number of nitrogens with one attached hydrogen (secondary N) is 1. The molecule has 0 fully saturated rings. The molecule has 0 atom stereocenters. The van der Waals surface area contributed by atoms with Crippen molar-refractivity contribution in [1.82, 2.24) is 4.90 Å². The lowest BCUT2D eigenvalue weighted by Crippen LogP contribution is -2.34. The van der Waals surface area contributed by atoms with Gasteiger partial charge in [0.05, 0.1) is 18.9 Å². The molecule has 0 unspecified atom stereocenters. The van der Waals surface area contributed by atoms with Gasteiger partial charge in [0.2, 0.25) is 0 Å². The lowest BCUT2D eigenvalue weighted by Gasteiger charge is -2.20. The molecule has 2 rings (SSSR count). The molecule has 0 aliphatic heterocycles. The van der Waals surface area contributed by atoms with E-state index < -0.39 is 0 Å². The monoisotopic (exact) mass is 345 g/mol. The second kappa shape index (κ2) is 9.73. The number of carbonyl (C=O) groups excluding carboxylic acids is 1. The smallest absolute Gasteiger partial charge is 0.182 e. The maximum Gasteiger partial charge on any atom is 0.182 e. The molecule has 1 aromatic rings. The fraction of sp³-hybridized carbons (Fsp3) is 0.333. The molecular weight excluding hydrogens is 322 g/mol. The molecular formula is C18H23N3O4. The van der Waals surface area contributed by atoms with Crippen LogP contribution in [-0.2, 0) is 4.79 Å². The van der Waals surface area contributed by atoms with Gasteiger partial charge in [-0.15, -0.1) is 0 Å². The Morgan fingerprint density at radius 2 is 1.68 bits per heavy atom. The first-order valence-corrected chi connectivity index (χ1v) is 8.12. The predicted octanol–water partition coefficient (Wildman–Crippen LogP) is 1.04. The Morgan fingerprint density at radius 3 is 2.28 bits per heavy atom. The van der Waals surface area contributed by atoms with E-state index in [4.69, 9.17) is 10.2 Å². The first kappa shape index (κ1) is 18.9. The minimum atomic E-state index is -0.257. The van der Waals surface area contributed by atoms with Crippen LogP contribution in [0.1, 0.15) is 0 Å². The van der Waals surface area contributed by atoms with Gasteiger partial charge in [-0.1, -0.05) is 0 Å². The van der Waals surface area contributed by atoms with E-state index in [1.165, 1.54) is 12.2 Å². The van der Waals surface area contributed by atoms with Crippen LogP contribution in [0.5, 0.6) is 0 Å². The lowest BCUT2D eigenvalue weighted by molar-refractivity contribution is -0.110. The molecule has 0 bridgehead atoms. The Kier molecular flexibility index (Phi) is 7.34. The van der Waals surface area contributed by atoms with Gasteiger partial charge in [0, 0.05) is 37.9 Å². The Labute approximate surface area is 146 Å². The van der Waals surface area contributed by atoms with E-state index in [0.717, 1.165) is 11.8 Å². The summed E-state index contributed by atoms with van der Waals surface area (Å²) in [6.07, 6.45) is 3.99. The summed E-state index contributed by atoms with van der Waals surface area (Å²) in [6.45, 7) is 2.59. The SMILES string of the molecule is O=C1C=C/C(=N\c2ccc(NCCN(CCO)CCO)cc2)C(O)=C1. The number of aliphatic imine (C=N–C) groups is 1. The van der Waals surface area contributed by atoms with Crippen LogP contribution in [0.3, 0.4) is 0 Å². The van der Waals surface area contributed by atoms with Crippen LogP contribution in [-0.4, -0.2) is 71.1 Å². The number of benzene rings is 1. The zero-order valence-corrected chi connectivity index (χ0v) is 13.9. The quantitative estimate of drug-likeness (QED) is 0.499. The van der Waals surface area contributed by atoms with E-state index >= 15 is 0 Å². The Balaban J connectivity index is 1.89. The maximum atomic E-state index is 11.1. The molecule has 0 saturated heterocycles. The van der Waals surface area contributed by atoms with E-state index in [1.54, 1.807) is 0 Å². The van der Waals surface area contributed by atoms with Gasteiger partial charge in [-0.3, -0.25) is 9.69 Å². The van der Waals surface area contributed by atoms with Crippen LogP contribution in [0.15, 0.2) is 53.2 Å². The first-order chi connectivity index (χ1) is 12.1. The van der Waals surface area contributed by atoms with Crippen LogP contribution in [0, 0.1) is 0 Å². The molecule has 25 heavy (non-hydrogen) atoms. The summed E-state index contributed by atoms with van der Waals surface area (Å²) in [5.41, 5.74) is 1.94. The highest BCUT2D eigenvalue weighted by Gasteiger charge is 2.09. The molecule has 1 aromatic carbocycles. The van der Waals surface area contributed by atoms with E-state index in [2.05, 4.69) is 10.3 Å². The third kappa shape index (κ3) is 6.15. The topological polar surface area (TPSA) is 105 Å². The third-order valence-corrected chi connectivity index (χ3v) is 3.65. The highest BCUT2D eigenvalue weighted by Crippen LogP contribution is 2.18. The normalized spacial score (nSPS) is 15.7. The van der Waals surface area contributed by atoms with Crippen molar-refractivity contribution >= 4 is 22.9 Å². The largest absolute Gasteiger partial charge is 0.506 e. The standard InChI is InChI=1S/C18H23N3O4/c22-11-9-21(10-12-23)8-7-19-14-1-3-15(4-2-14)20-17-6-5-16(24)13-18(17)25/h1-6,13,19,22-23,25H,7-12H2/b20-17+. The Morgan fingerprint density at radius 1 is 1.00 bits per heavy atom. The number of nitrogens with zero attached hydrogens (tertiary/aromatic N) is 2. The minimum Gasteiger partial charge on any atom is -0.506 e. The second-order valence-electron chi connectivity index (χ2n) is 5.52. The summed E-state index contributed by atoms with van der Waals surface area (Å²) in [4.78, 5) is 17.4. The molecule has 0 amide bonds. The fourth-order valence-corrected chi connectivity index (χ4v) is 2.37. The van der Waals surface area contributed by atoms with Gasteiger partial charge in [0.15, 0.2) is 5.78 Å². The third-order valence-electron chi connectivity index (χ3n) is 3.65. The predicted molar refractivity (Wildman–Crippen MR) is 97.5 cm³/mol. The molecule has 0 aromatic heterocycles. The molecule has 1 aliphatic rings. The highest BCUT2D eigenvalue weighted by molar-refractivity contribution is 6.19. The van der Waals surface area contributed by atoms with Gasteiger partial charge >= 0.3 is 0 Å². The minimum absolute atomic E-state index is 0.0658. The molecule has 0 saturated carbocycles. The number of hydrogen-bond donors (Lipinski definition) is 4. The fourth-order valence-electron chi connectivity index (χ4n) is 2.37. The summed E-state index contributed by atoms with van der Waals surface area (Å²) in [6, 6.07) is 7.37. The zero-order chi connectivity index (χ0) is 18.1. The van der Waals surface area contributed by atoms with Crippen molar-refractivity contribution in [3.8, 4) is 0 Å². The van der Waals surface area contributed by atoms with Crippen LogP contribution < -0.4 is 5.32 Å². The van der Waals surface area contributed by atoms with Gasteiger partial charge < -0.3 is 20.6 Å². The molecule has 0 heterocycles. The molecule has 1 aliphatic carbocycles. The van der Waals surface area contributed by atoms with Crippen LogP contribution in [0.2, 0.25) is 0 Å². The van der Waals surface area contributed by atoms with E-state index in [-0.39, 0.29) is 24.8 Å². The van der Waals surface area contributed by atoms with Crippen LogP contribution >= 0.6 is 0 Å². The van der Waals surface area contributed by atoms with Gasteiger partial charge in [0.25, 0.3) is 0 Å². The molecule has 4 N–H and O–H groups in total. The van der Waals surface area contributed by atoms with Gasteiger partial charge in [-0.2, -0.15) is 0 Å². The van der Waals surface area contributed by atoms with E-state index in [9.17, 15) is 9.90 Å². The van der Waals surface area contributed by atoms with E-state index in [0.29, 0.717) is 37.6 Å². The maximum absolute atomic E-state index is 11.1. The average Bonchev–Trinajstić information content (AvgIpc) is 2.59. The number of aliphatic hydroxyl groups is 3. The lowest BCUT2D eigenvalue weighted by atomic mass is 10.1. The number of rotatable bonds is 9. The van der Waals surface area contributed by atoms with Crippen molar-refractivity contribution in [1.29, 1.82) is 0 Å². The first-order valence-electron chi connectivity index (χ1n) is 8.12. The van der Waals surface area contributed by atoms with Crippen LogP contribution in [0.25, 0.3) is 0 Å². The number of hydrogen-bond acceptors (Lipinski definition) is 7. The number of aliphatic hydroxyl groups excluding tert-OH is 3. The number of carbonyl (C=O) groups is 1. The average molecular weight is 345 g/mol. The van der Waals surface area contributed by atoms with Gasteiger partial charge in [-0.25, -0.2) is 4.99 Å². The molecule has 0 radical (unpaired) electrons. The summed E-state index contributed by atoms with van der Waals surface area (Å²) in [5, 5.41) is 30.9. The number of ketones is 1. The molecule has 7 nitrogen and oxygen atoms in total. The summed E-state index contributed by atoms with van der Waals surface area (Å²) < 4.78 is 0. The van der Waals surface area contributed by atoms with Gasteiger partial charge in [0.1, 0.15) is 11.5 Å². The highest BCUT2D eigenvalue weighted by atomic mass is 16.3. The molecule has 0 spiro atoms.